The first-order chi connectivity index (χ1) is 14.8. The van der Waals surface area contributed by atoms with E-state index in [2.05, 4.69) is 6.92 Å². The van der Waals surface area contributed by atoms with Crippen LogP contribution in [0.25, 0.3) is 0 Å². The van der Waals surface area contributed by atoms with Gasteiger partial charge in [0.05, 0.1) is 6.54 Å². The van der Waals surface area contributed by atoms with Gasteiger partial charge in [0.2, 0.25) is 0 Å². The Morgan fingerprint density at radius 3 is 1.00 bits per heavy atom. The van der Waals surface area contributed by atoms with E-state index in [0.29, 0.717) is 6.42 Å². The summed E-state index contributed by atoms with van der Waals surface area (Å²) in [5, 5.41) is 27.3. The second-order valence-electron chi connectivity index (χ2n) is 9.02. The lowest BCUT2D eigenvalue weighted by atomic mass is 10.0. The van der Waals surface area contributed by atoms with E-state index in [-0.39, 0.29) is 6.54 Å². The number of quaternary nitrogens is 1. The molecule has 0 aliphatic rings. The third-order valence-electron chi connectivity index (χ3n) is 5.90. The van der Waals surface area contributed by atoms with Gasteiger partial charge in [-0.2, -0.15) is 0 Å². The quantitative estimate of drug-likeness (QED) is 0.145. The highest BCUT2D eigenvalue weighted by Gasteiger charge is 2.35. The minimum atomic E-state index is -1.17. The van der Waals surface area contributed by atoms with Crippen LogP contribution in [0.3, 0.4) is 0 Å². The van der Waals surface area contributed by atoms with Crippen LogP contribution in [0.4, 0.5) is 0 Å². The Labute approximate surface area is 188 Å². The number of carbonyl (C=O) groups is 3. The van der Waals surface area contributed by atoms with Crippen LogP contribution in [0, 0.1) is 0 Å². The smallest absolute Gasteiger partial charge is 0.359 e. The molecule has 182 valence electrons. The summed E-state index contributed by atoms with van der Waals surface area (Å²) in [5.74, 6) is -3.50. The minimum Gasteiger partial charge on any atom is -0.477 e. The van der Waals surface area contributed by atoms with Crippen molar-refractivity contribution >= 4 is 17.9 Å². The van der Waals surface area contributed by atoms with E-state index < -0.39 is 42.0 Å². The van der Waals surface area contributed by atoms with Gasteiger partial charge >= 0.3 is 17.9 Å². The van der Waals surface area contributed by atoms with Gasteiger partial charge in [-0.3, -0.25) is 4.48 Å². The molecule has 0 aliphatic carbocycles. The Morgan fingerprint density at radius 1 is 0.484 bits per heavy atom. The fourth-order valence-corrected chi connectivity index (χ4v) is 4.26. The van der Waals surface area contributed by atoms with Gasteiger partial charge in [0.15, 0.2) is 19.6 Å². The van der Waals surface area contributed by atoms with E-state index in [1.807, 2.05) is 0 Å². The first kappa shape index (κ1) is 29.4. The molecule has 0 bridgehead atoms. The zero-order valence-electron chi connectivity index (χ0n) is 19.7. The number of hydrogen-bond acceptors (Lipinski definition) is 3. The van der Waals surface area contributed by atoms with Crippen LogP contribution >= 0.6 is 0 Å². The van der Waals surface area contributed by atoms with Gasteiger partial charge in [0.25, 0.3) is 0 Å². The molecule has 0 atom stereocenters. The lowest BCUT2D eigenvalue weighted by Gasteiger charge is -2.34. The molecule has 0 radical (unpaired) electrons. The summed E-state index contributed by atoms with van der Waals surface area (Å²) < 4.78 is -0.432. The maximum absolute atomic E-state index is 11.1. The maximum atomic E-state index is 11.1. The highest BCUT2D eigenvalue weighted by atomic mass is 16.4. The minimum absolute atomic E-state index is 0.267. The summed E-state index contributed by atoms with van der Waals surface area (Å²) in [4.78, 5) is 33.4. The standard InChI is InChI=1S/C24H45NO6/c1-2-3-4-5-6-7-8-9-10-11-12-13-14-15-16-17-18-25(19-22(26)27,20-23(28)29)21-24(30)31/h2-21H2,1H3,(H2-,26,27,28,29,30,31)/p+1. The molecule has 0 aromatic heterocycles. The van der Waals surface area contributed by atoms with Gasteiger partial charge in [0, 0.05) is 0 Å². The van der Waals surface area contributed by atoms with Crippen molar-refractivity contribution in [3.8, 4) is 0 Å². The van der Waals surface area contributed by atoms with Gasteiger partial charge in [-0.05, 0) is 12.8 Å². The highest BCUT2D eigenvalue weighted by molar-refractivity contribution is 5.73. The molecule has 7 heteroatoms. The molecule has 0 unspecified atom stereocenters. The molecule has 7 nitrogen and oxygen atoms in total. The lowest BCUT2D eigenvalue weighted by Crippen LogP contribution is -2.57. The van der Waals surface area contributed by atoms with Crippen molar-refractivity contribution in [3.05, 3.63) is 0 Å². The molecule has 0 amide bonds. The Bertz CT molecular complexity index is 454. The Balaban J connectivity index is 3.82. The zero-order valence-corrected chi connectivity index (χ0v) is 19.7. The van der Waals surface area contributed by atoms with Crippen molar-refractivity contribution in [2.45, 2.75) is 110 Å². The van der Waals surface area contributed by atoms with E-state index in [0.717, 1.165) is 19.3 Å². The van der Waals surface area contributed by atoms with Crippen molar-refractivity contribution in [3.63, 3.8) is 0 Å². The van der Waals surface area contributed by atoms with E-state index in [9.17, 15) is 14.4 Å². The average molecular weight is 445 g/mol. The first-order valence-electron chi connectivity index (χ1n) is 12.3. The molecule has 0 spiro atoms. The monoisotopic (exact) mass is 444 g/mol. The SMILES string of the molecule is CCCCCCCCCCCCCCCCCC[N+](CC(=O)O)(CC(=O)O)CC(=O)O. The number of unbranched alkanes of at least 4 members (excludes halogenated alkanes) is 15. The fraction of sp³-hybridized carbons (Fsp3) is 0.875. The summed E-state index contributed by atoms with van der Waals surface area (Å²) in [6.07, 6.45) is 19.6. The van der Waals surface area contributed by atoms with E-state index >= 15 is 0 Å². The third kappa shape index (κ3) is 18.8. The van der Waals surface area contributed by atoms with Crippen molar-refractivity contribution in [2.75, 3.05) is 26.2 Å². The number of carboxylic acids is 3. The number of hydrogen-bond donors (Lipinski definition) is 3. The zero-order chi connectivity index (χ0) is 23.4. The highest BCUT2D eigenvalue weighted by Crippen LogP contribution is 2.15. The fourth-order valence-electron chi connectivity index (χ4n) is 4.26. The van der Waals surface area contributed by atoms with Crippen LogP contribution in [-0.4, -0.2) is 63.9 Å². The summed E-state index contributed by atoms with van der Waals surface area (Å²) in [7, 11) is 0. The second-order valence-corrected chi connectivity index (χ2v) is 9.02. The van der Waals surface area contributed by atoms with Gasteiger partial charge in [-0.1, -0.05) is 96.8 Å². The largest absolute Gasteiger partial charge is 0.477 e. The van der Waals surface area contributed by atoms with Crippen molar-refractivity contribution in [1.29, 1.82) is 0 Å². The molecular weight excluding hydrogens is 398 g/mol. The maximum Gasteiger partial charge on any atom is 0.359 e. The van der Waals surface area contributed by atoms with E-state index in [1.54, 1.807) is 0 Å². The average Bonchev–Trinajstić information content (AvgIpc) is 2.66. The Morgan fingerprint density at radius 2 is 0.742 bits per heavy atom. The van der Waals surface area contributed by atoms with Gasteiger partial charge in [-0.15, -0.1) is 0 Å². The first-order valence-corrected chi connectivity index (χ1v) is 12.3. The topological polar surface area (TPSA) is 112 Å². The predicted molar refractivity (Wildman–Crippen MR) is 122 cm³/mol. The summed E-state index contributed by atoms with van der Waals surface area (Å²) in [6.45, 7) is 1.09. The van der Waals surface area contributed by atoms with Gasteiger partial charge < -0.3 is 15.3 Å². The normalized spacial score (nSPS) is 11.5. The van der Waals surface area contributed by atoms with Crippen LogP contribution in [-0.2, 0) is 14.4 Å². The molecule has 3 N–H and O–H groups in total. The Hall–Kier alpha value is -1.63. The molecule has 0 saturated carbocycles. The molecule has 0 heterocycles. The Kier molecular flexibility index (Phi) is 18.1. The second kappa shape index (κ2) is 19.1. The predicted octanol–water partition coefficient (Wildman–Crippen LogP) is 5.32. The van der Waals surface area contributed by atoms with Gasteiger partial charge in [-0.25, -0.2) is 14.4 Å². The van der Waals surface area contributed by atoms with Crippen molar-refractivity contribution < 1.29 is 34.2 Å². The molecule has 0 aromatic carbocycles. The number of aliphatic carboxylic acids is 3. The number of rotatable bonds is 23. The van der Waals surface area contributed by atoms with Crippen LogP contribution in [0.5, 0.6) is 0 Å². The third-order valence-corrected chi connectivity index (χ3v) is 5.90. The molecule has 0 rings (SSSR count). The summed E-state index contributed by atoms with van der Waals surface area (Å²) in [6, 6.07) is 0. The summed E-state index contributed by atoms with van der Waals surface area (Å²) in [5.41, 5.74) is 0. The summed E-state index contributed by atoms with van der Waals surface area (Å²) >= 11 is 0. The lowest BCUT2D eigenvalue weighted by molar-refractivity contribution is -0.907. The van der Waals surface area contributed by atoms with Crippen LogP contribution < -0.4 is 0 Å². The molecule has 0 aromatic rings. The number of carboxylic acid groups (broad SMARTS) is 3. The van der Waals surface area contributed by atoms with Crippen LogP contribution in [0.15, 0.2) is 0 Å². The van der Waals surface area contributed by atoms with Crippen LogP contribution in [0.2, 0.25) is 0 Å². The number of nitrogens with zero attached hydrogens (tertiary/aromatic N) is 1. The molecule has 0 saturated heterocycles. The molecule has 31 heavy (non-hydrogen) atoms. The molecule has 0 fully saturated rings. The molecular formula is C24H46NO6+. The van der Waals surface area contributed by atoms with Crippen LogP contribution in [0.1, 0.15) is 110 Å². The van der Waals surface area contributed by atoms with Crippen molar-refractivity contribution in [2.24, 2.45) is 0 Å². The van der Waals surface area contributed by atoms with E-state index in [4.69, 9.17) is 15.3 Å². The van der Waals surface area contributed by atoms with Crippen molar-refractivity contribution in [1.82, 2.24) is 0 Å². The van der Waals surface area contributed by atoms with Gasteiger partial charge in [0.1, 0.15) is 0 Å². The van der Waals surface area contributed by atoms with E-state index in [1.165, 1.54) is 77.0 Å². The molecule has 0 aliphatic heterocycles.